The summed E-state index contributed by atoms with van der Waals surface area (Å²) in [5.74, 6) is -1.09. The lowest BCUT2D eigenvalue weighted by molar-refractivity contribution is 0.127. The Morgan fingerprint density at radius 3 is 2.44 bits per heavy atom. The van der Waals surface area contributed by atoms with Gasteiger partial charge in [0.2, 0.25) is 0 Å². The minimum absolute atomic E-state index is 0.159. The summed E-state index contributed by atoms with van der Waals surface area (Å²) in [7, 11) is 0. The van der Waals surface area contributed by atoms with E-state index >= 15 is 0 Å². The molecule has 1 aromatic carbocycles. The SMILES string of the molecule is CCOCC(C)NCc1cc(F)cc(F)c1. The van der Waals surface area contributed by atoms with E-state index in [0.717, 1.165) is 6.07 Å². The van der Waals surface area contributed by atoms with Gasteiger partial charge in [-0.05, 0) is 31.5 Å². The Labute approximate surface area is 94.6 Å². The summed E-state index contributed by atoms with van der Waals surface area (Å²) in [4.78, 5) is 0. The van der Waals surface area contributed by atoms with Gasteiger partial charge < -0.3 is 10.1 Å². The van der Waals surface area contributed by atoms with Gasteiger partial charge in [-0.2, -0.15) is 0 Å². The van der Waals surface area contributed by atoms with Gasteiger partial charge >= 0.3 is 0 Å². The molecule has 4 heteroatoms. The lowest BCUT2D eigenvalue weighted by atomic mass is 10.2. The molecule has 0 spiro atoms. The number of rotatable bonds is 6. The van der Waals surface area contributed by atoms with Crippen LogP contribution < -0.4 is 5.32 Å². The molecular weight excluding hydrogens is 212 g/mol. The van der Waals surface area contributed by atoms with Gasteiger partial charge in [-0.1, -0.05) is 0 Å². The summed E-state index contributed by atoms with van der Waals surface area (Å²) in [6, 6.07) is 3.67. The van der Waals surface area contributed by atoms with Crippen molar-refractivity contribution >= 4 is 0 Å². The molecular formula is C12H17F2NO. The summed E-state index contributed by atoms with van der Waals surface area (Å²) in [6.07, 6.45) is 0. The van der Waals surface area contributed by atoms with Crippen molar-refractivity contribution in [2.75, 3.05) is 13.2 Å². The first-order chi connectivity index (χ1) is 7.61. The van der Waals surface area contributed by atoms with Gasteiger partial charge in [0.1, 0.15) is 11.6 Å². The van der Waals surface area contributed by atoms with Crippen LogP contribution >= 0.6 is 0 Å². The lowest BCUT2D eigenvalue weighted by Crippen LogP contribution is -2.30. The van der Waals surface area contributed by atoms with Gasteiger partial charge in [0.25, 0.3) is 0 Å². The van der Waals surface area contributed by atoms with Gasteiger partial charge in [-0.25, -0.2) is 8.78 Å². The molecule has 1 rings (SSSR count). The highest BCUT2D eigenvalue weighted by Crippen LogP contribution is 2.07. The average Bonchev–Trinajstić information content (AvgIpc) is 2.22. The lowest BCUT2D eigenvalue weighted by Gasteiger charge is -2.13. The van der Waals surface area contributed by atoms with E-state index in [0.29, 0.717) is 25.3 Å². The topological polar surface area (TPSA) is 21.3 Å². The normalized spacial score (nSPS) is 12.8. The molecule has 1 unspecified atom stereocenters. The van der Waals surface area contributed by atoms with Crippen molar-refractivity contribution in [3.8, 4) is 0 Å². The molecule has 1 N–H and O–H groups in total. The van der Waals surface area contributed by atoms with Crippen LogP contribution in [-0.4, -0.2) is 19.3 Å². The fraction of sp³-hybridized carbons (Fsp3) is 0.500. The molecule has 0 bridgehead atoms. The third-order valence-corrected chi connectivity index (χ3v) is 2.15. The number of hydrogen-bond donors (Lipinski definition) is 1. The molecule has 0 radical (unpaired) electrons. The van der Waals surface area contributed by atoms with Gasteiger partial charge in [0, 0.05) is 25.3 Å². The average molecular weight is 229 g/mol. The molecule has 0 fully saturated rings. The van der Waals surface area contributed by atoms with E-state index in [-0.39, 0.29) is 6.04 Å². The molecule has 0 saturated carbocycles. The quantitative estimate of drug-likeness (QED) is 0.809. The minimum Gasteiger partial charge on any atom is -0.380 e. The zero-order valence-corrected chi connectivity index (χ0v) is 9.59. The van der Waals surface area contributed by atoms with Crippen molar-refractivity contribution in [1.29, 1.82) is 0 Å². The number of benzene rings is 1. The second-order valence-electron chi connectivity index (χ2n) is 3.72. The largest absolute Gasteiger partial charge is 0.380 e. The van der Waals surface area contributed by atoms with Crippen LogP contribution in [0.5, 0.6) is 0 Å². The van der Waals surface area contributed by atoms with Crippen molar-refractivity contribution in [3.63, 3.8) is 0 Å². The van der Waals surface area contributed by atoms with E-state index in [2.05, 4.69) is 5.32 Å². The highest BCUT2D eigenvalue weighted by atomic mass is 19.1. The summed E-state index contributed by atoms with van der Waals surface area (Å²) in [6.45, 7) is 5.58. The second-order valence-corrected chi connectivity index (χ2v) is 3.72. The predicted octanol–water partition coefficient (Wildman–Crippen LogP) is 2.48. The van der Waals surface area contributed by atoms with Crippen LogP contribution in [0.4, 0.5) is 8.78 Å². The third kappa shape index (κ3) is 4.68. The Kier molecular flexibility index (Phi) is 5.35. The molecule has 0 saturated heterocycles. The van der Waals surface area contributed by atoms with E-state index in [1.807, 2.05) is 13.8 Å². The Hall–Kier alpha value is -1.00. The molecule has 1 atom stereocenters. The Balaban J connectivity index is 2.41. The van der Waals surface area contributed by atoms with Crippen LogP contribution in [-0.2, 0) is 11.3 Å². The fourth-order valence-electron chi connectivity index (χ4n) is 1.36. The number of halogens is 2. The molecule has 0 aliphatic heterocycles. The number of hydrogen-bond acceptors (Lipinski definition) is 2. The Morgan fingerprint density at radius 2 is 1.88 bits per heavy atom. The van der Waals surface area contributed by atoms with Crippen LogP contribution in [0.15, 0.2) is 18.2 Å². The van der Waals surface area contributed by atoms with Crippen LogP contribution in [0.3, 0.4) is 0 Å². The predicted molar refractivity (Wildman–Crippen MR) is 59.2 cm³/mol. The van der Waals surface area contributed by atoms with Crippen LogP contribution in [0.2, 0.25) is 0 Å². The van der Waals surface area contributed by atoms with Gasteiger partial charge in [-0.3, -0.25) is 0 Å². The fourth-order valence-corrected chi connectivity index (χ4v) is 1.36. The zero-order chi connectivity index (χ0) is 12.0. The summed E-state index contributed by atoms with van der Waals surface area (Å²) >= 11 is 0. The highest BCUT2D eigenvalue weighted by molar-refractivity contribution is 5.17. The first-order valence-corrected chi connectivity index (χ1v) is 5.38. The third-order valence-electron chi connectivity index (χ3n) is 2.15. The van der Waals surface area contributed by atoms with Crippen molar-refractivity contribution in [1.82, 2.24) is 5.32 Å². The molecule has 90 valence electrons. The van der Waals surface area contributed by atoms with Crippen LogP contribution in [0, 0.1) is 11.6 Å². The molecule has 0 aliphatic rings. The molecule has 0 aromatic heterocycles. The summed E-state index contributed by atoms with van der Waals surface area (Å²) in [5.41, 5.74) is 0.598. The maximum atomic E-state index is 12.9. The number of ether oxygens (including phenoxy) is 1. The van der Waals surface area contributed by atoms with E-state index in [1.54, 1.807) is 0 Å². The standard InChI is InChI=1S/C12H17F2NO/c1-3-16-8-9(2)15-7-10-4-11(13)6-12(14)5-10/h4-6,9,15H,3,7-8H2,1-2H3. The van der Waals surface area contributed by atoms with E-state index in [1.165, 1.54) is 12.1 Å². The van der Waals surface area contributed by atoms with Crippen molar-refractivity contribution < 1.29 is 13.5 Å². The summed E-state index contributed by atoms with van der Waals surface area (Å²) < 4.78 is 30.9. The maximum Gasteiger partial charge on any atom is 0.126 e. The number of nitrogens with one attached hydrogen (secondary N) is 1. The van der Waals surface area contributed by atoms with Gasteiger partial charge in [0.15, 0.2) is 0 Å². The highest BCUT2D eigenvalue weighted by Gasteiger charge is 2.03. The van der Waals surface area contributed by atoms with Crippen molar-refractivity contribution in [3.05, 3.63) is 35.4 Å². The zero-order valence-electron chi connectivity index (χ0n) is 9.59. The van der Waals surface area contributed by atoms with Gasteiger partial charge in [-0.15, -0.1) is 0 Å². The van der Waals surface area contributed by atoms with Crippen LogP contribution in [0.1, 0.15) is 19.4 Å². The monoisotopic (exact) mass is 229 g/mol. The Morgan fingerprint density at radius 1 is 1.25 bits per heavy atom. The van der Waals surface area contributed by atoms with E-state index in [4.69, 9.17) is 4.74 Å². The first-order valence-electron chi connectivity index (χ1n) is 5.38. The minimum atomic E-state index is -0.547. The first kappa shape index (κ1) is 13.1. The summed E-state index contributed by atoms with van der Waals surface area (Å²) in [5, 5.41) is 3.13. The molecule has 0 aliphatic carbocycles. The van der Waals surface area contributed by atoms with E-state index < -0.39 is 11.6 Å². The molecule has 2 nitrogen and oxygen atoms in total. The van der Waals surface area contributed by atoms with E-state index in [9.17, 15) is 8.78 Å². The maximum absolute atomic E-state index is 12.9. The molecule has 16 heavy (non-hydrogen) atoms. The van der Waals surface area contributed by atoms with Crippen molar-refractivity contribution in [2.24, 2.45) is 0 Å². The smallest absolute Gasteiger partial charge is 0.126 e. The molecule has 0 heterocycles. The van der Waals surface area contributed by atoms with Gasteiger partial charge in [0.05, 0.1) is 6.61 Å². The Bertz CT molecular complexity index is 311. The second kappa shape index (κ2) is 6.55. The molecule has 0 amide bonds. The van der Waals surface area contributed by atoms with Crippen LogP contribution in [0.25, 0.3) is 0 Å². The molecule has 1 aromatic rings. The van der Waals surface area contributed by atoms with Crippen molar-refractivity contribution in [2.45, 2.75) is 26.4 Å².